The van der Waals surface area contributed by atoms with Crippen molar-refractivity contribution in [2.24, 2.45) is 0 Å². The second-order valence-corrected chi connectivity index (χ2v) is 4.70. The van der Waals surface area contributed by atoms with Crippen molar-refractivity contribution in [1.82, 2.24) is 0 Å². The highest BCUT2D eigenvalue weighted by molar-refractivity contribution is 7.79. The molecular formula is C12H12NO2S-. The summed E-state index contributed by atoms with van der Waals surface area (Å²) in [6.45, 7) is 0. The summed E-state index contributed by atoms with van der Waals surface area (Å²) in [4.78, 5) is 2.34. The number of anilines is 1. The van der Waals surface area contributed by atoms with E-state index in [9.17, 15) is 8.76 Å². The molecule has 0 spiro atoms. The Kier molecular flexibility index (Phi) is 2.94. The molecule has 4 heteroatoms. The van der Waals surface area contributed by atoms with Crippen LogP contribution < -0.4 is 4.90 Å². The molecule has 0 fully saturated rings. The van der Waals surface area contributed by atoms with Gasteiger partial charge in [-0.05, 0) is 40.1 Å². The van der Waals surface area contributed by atoms with Crippen LogP contribution in [0.1, 0.15) is 0 Å². The Balaban J connectivity index is 2.69. The first-order chi connectivity index (χ1) is 7.59. The van der Waals surface area contributed by atoms with Crippen molar-refractivity contribution in [2.75, 3.05) is 19.0 Å². The van der Waals surface area contributed by atoms with E-state index in [1.165, 1.54) is 0 Å². The van der Waals surface area contributed by atoms with Crippen LogP contribution in [0, 0.1) is 0 Å². The lowest BCUT2D eigenvalue weighted by Gasteiger charge is -2.15. The SMILES string of the molecule is CN(C)c1ccc2c(S(=O)[O-])cccc2c1. The van der Waals surface area contributed by atoms with E-state index in [1.807, 2.05) is 43.3 Å². The molecule has 3 nitrogen and oxygen atoms in total. The van der Waals surface area contributed by atoms with Crippen LogP contribution in [0.4, 0.5) is 5.69 Å². The van der Waals surface area contributed by atoms with Gasteiger partial charge in [0.15, 0.2) is 0 Å². The second-order valence-electron chi connectivity index (χ2n) is 3.79. The predicted octanol–water partition coefficient (Wildman–Crippen LogP) is 2.14. The number of hydrogen-bond donors (Lipinski definition) is 0. The van der Waals surface area contributed by atoms with Crippen molar-refractivity contribution in [3.8, 4) is 0 Å². The van der Waals surface area contributed by atoms with Crippen LogP contribution in [0.2, 0.25) is 0 Å². The maximum Gasteiger partial charge on any atom is 0.0367 e. The maximum absolute atomic E-state index is 11.0. The molecule has 0 amide bonds. The Bertz CT molecular complexity index is 552. The molecule has 2 aromatic rings. The summed E-state index contributed by atoms with van der Waals surface area (Å²) < 4.78 is 22.0. The van der Waals surface area contributed by atoms with Gasteiger partial charge in [0.1, 0.15) is 0 Å². The van der Waals surface area contributed by atoms with Gasteiger partial charge in [-0.25, -0.2) is 0 Å². The van der Waals surface area contributed by atoms with Crippen LogP contribution in [-0.2, 0) is 11.1 Å². The van der Waals surface area contributed by atoms with Gasteiger partial charge in [-0.2, -0.15) is 0 Å². The molecule has 0 aliphatic carbocycles. The molecule has 0 saturated carbocycles. The first-order valence-corrected chi connectivity index (χ1v) is 5.96. The highest BCUT2D eigenvalue weighted by Gasteiger charge is 2.02. The Hall–Kier alpha value is -1.39. The smallest absolute Gasteiger partial charge is 0.0367 e. The Morgan fingerprint density at radius 3 is 2.56 bits per heavy atom. The van der Waals surface area contributed by atoms with E-state index >= 15 is 0 Å². The molecular weight excluding hydrogens is 222 g/mol. The topological polar surface area (TPSA) is 43.4 Å². The maximum atomic E-state index is 11.0. The number of nitrogens with zero attached hydrogens (tertiary/aromatic N) is 1. The molecule has 2 aromatic carbocycles. The molecule has 0 bridgehead atoms. The molecule has 0 aliphatic rings. The average Bonchev–Trinajstić information content (AvgIpc) is 2.27. The second kappa shape index (κ2) is 4.23. The quantitative estimate of drug-likeness (QED) is 0.748. The van der Waals surface area contributed by atoms with E-state index < -0.39 is 11.1 Å². The lowest BCUT2D eigenvalue weighted by Crippen LogP contribution is -2.08. The first-order valence-electron chi connectivity index (χ1n) is 4.89. The first kappa shape index (κ1) is 11.1. The number of benzene rings is 2. The standard InChI is InChI=1S/C12H13NO2S/c1-13(2)10-6-7-11-9(8-10)4-3-5-12(11)16(14)15/h3-8H,1-2H3,(H,14,15)/p-1. The van der Waals surface area contributed by atoms with Crippen LogP contribution in [0.5, 0.6) is 0 Å². The monoisotopic (exact) mass is 234 g/mol. The molecule has 2 rings (SSSR count). The fourth-order valence-electron chi connectivity index (χ4n) is 1.66. The number of fused-ring (bicyclic) bond motifs is 1. The van der Waals surface area contributed by atoms with Gasteiger partial charge in [0.05, 0.1) is 0 Å². The largest absolute Gasteiger partial charge is 0.768 e. The minimum atomic E-state index is -2.18. The van der Waals surface area contributed by atoms with E-state index in [1.54, 1.807) is 12.1 Å². The molecule has 0 heterocycles. The summed E-state index contributed by atoms with van der Waals surface area (Å²) in [6.07, 6.45) is 0. The van der Waals surface area contributed by atoms with Gasteiger partial charge < -0.3 is 9.45 Å². The third-order valence-electron chi connectivity index (χ3n) is 2.52. The van der Waals surface area contributed by atoms with Gasteiger partial charge in [0.25, 0.3) is 0 Å². The van der Waals surface area contributed by atoms with Gasteiger partial charge in [-0.1, -0.05) is 18.2 Å². The lowest BCUT2D eigenvalue weighted by atomic mass is 10.1. The van der Waals surface area contributed by atoms with E-state index in [4.69, 9.17) is 0 Å². The van der Waals surface area contributed by atoms with Gasteiger partial charge in [-0.15, -0.1) is 0 Å². The summed E-state index contributed by atoms with van der Waals surface area (Å²) >= 11 is -2.18. The molecule has 0 N–H and O–H groups in total. The van der Waals surface area contributed by atoms with Crippen molar-refractivity contribution in [2.45, 2.75) is 4.90 Å². The van der Waals surface area contributed by atoms with Crippen LogP contribution in [-0.4, -0.2) is 22.9 Å². The molecule has 84 valence electrons. The summed E-state index contributed by atoms with van der Waals surface area (Å²) in [6, 6.07) is 11.0. The summed E-state index contributed by atoms with van der Waals surface area (Å²) in [7, 11) is 3.91. The highest BCUT2D eigenvalue weighted by atomic mass is 32.2. The predicted molar refractivity (Wildman–Crippen MR) is 65.5 cm³/mol. The minimum absolute atomic E-state index is 0.350. The number of hydrogen-bond acceptors (Lipinski definition) is 3. The van der Waals surface area contributed by atoms with Crippen molar-refractivity contribution in [3.63, 3.8) is 0 Å². The zero-order valence-corrected chi connectivity index (χ0v) is 9.95. The van der Waals surface area contributed by atoms with Gasteiger partial charge >= 0.3 is 0 Å². The van der Waals surface area contributed by atoms with E-state index in [2.05, 4.69) is 0 Å². The van der Waals surface area contributed by atoms with Gasteiger partial charge in [0.2, 0.25) is 0 Å². The molecule has 0 radical (unpaired) electrons. The molecule has 16 heavy (non-hydrogen) atoms. The van der Waals surface area contributed by atoms with Crippen LogP contribution in [0.3, 0.4) is 0 Å². The van der Waals surface area contributed by atoms with E-state index in [-0.39, 0.29) is 0 Å². The van der Waals surface area contributed by atoms with Crippen LogP contribution in [0.25, 0.3) is 10.8 Å². The normalized spacial score (nSPS) is 12.7. The lowest BCUT2D eigenvalue weighted by molar-refractivity contribution is 0.538. The van der Waals surface area contributed by atoms with Crippen LogP contribution in [0.15, 0.2) is 41.3 Å². The van der Waals surface area contributed by atoms with Crippen molar-refractivity contribution < 1.29 is 8.76 Å². The van der Waals surface area contributed by atoms with Crippen molar-refractivity contribution in [1.29, 1.82) is 0 Å². The number of rotatable bonds is 2. The van der Waals surface area contributed by atoms with Crippen molar-refractivity contribution in [3.05, 3.63) is 36.4 Å². The van der Waals surface area contributed by atoms with E-state index in [0.717, 1.165) is 16.5 Å². The summed E-state index contributed by atoms with van der Waals surface area (Å²) in [5.74, 6) is 0. The zero-order chi connectivity index (χ0) is 11.7. The third-order valence-corrected chi connectivity index (χ3v) is 3.24. The third kappa shape index (κ3) is 1.94. The van der Waals surface area contributed by atoms with E-state index in [0.29, 0.717) is 4.90 Å². The fraction of sp³-hybridized carbons (Fsp3) is 0.167. The van der Waals surface area contributed by atoms with Crippen LogP contribution >= 0.6 is 0 Å². The minimum Gasteiger partial charge on any atom is -0.768 e. The Labute approximate surface area is 97.0 Å². The highest BCUT2D eigenvalue weighted by Crippen LogP contribution is 2.25. The summed E-state index contributed by atoms with van der Waals surface area (Å²) in [5.41, 5.74) is 1.06. The molecule has 1 unspecified atom stereocenters. The van der Waals surface area contributed by atoms with Crippen molar-refractivity contribution >= 4 is 27.5 Å². The summed E-state index contributed by atoms with van der Waals surface area (Å²) in [5, 5.41) is 1.70. The fourth-order valence-corrected chi connectivity index (χ4v) is 2.22. The molecule has 0 saturated heterocycles. The van der Waals surface area contributed by atoms with Gasteiger partial charge in [-0.3, -0.25) is 4.21 Å². The molecule has 1 atom stereocenters. The molecule has 0 aliphatic heterocycles. The zero-order valence-electron chi connectivity index (χ0n) is 9.14. The molecule has 0 aromatic heterocycles. The van der Waals surface area contributed by atoms with Gasteiger partial charge in [0, 0.05) is 24.7 Å². The Morgan fingerprint density at radius 1 is 1.19 bits per heavy atom. The Morgan fingerprint density at radius 2 is 1.94 bits per heavy atom. The average molecular weight is 234 g/mol.